The van der Waals surface area contributed by atoms with E-state index in [-0.39, 0.29) is 17.4 Å². The highest BCUT2D eigenvalue weighted by atomic mass is 16.6. The van der Waals surface area contributed by atoms with E-state index in [1.807, 2.05) is 45.0 Å². The maximum absolute atomic E-state index is 12.6. The van der Waals surface area contributed by atoms with Crippen LogP contribution in [0.3, 0.4) is 0 Å². The smallest absolute Gasteiger partial charge is 0.410 e. The van der Waals surface area contributed by atoms with Gasteiger partial charge in [-0.2, -0.15) is 0 Å². The summed E-state index contributed by atoms with van der Waals surface area (Å²) in [6, 6.07) is 7.61. The van der Waals surface area contributed by atoms with Crippen LogP contribution < -0.4 is 9.80 Å². The number of carbonyl (C=O) groups is 3. The van der Waals surface area contributed by atoms with E-state index in [2.05, 4.69) is 4.90 Å². The summed E-state index contributed by atoms with van der Waals surface area (Å²) >= 11 is 0. The lowest BCUT2D eigenvalue weighted by Crippen LogP contribution is -2.50. The first-order chi connectivity index (χ1) is 16.1. The zero-order chi connectivity index (χ0) is 24.9. The molecule has 0 aromatic heterocycles. The first kappa shape index (κ1) is 24.9. The standard InChI is InChI=1S/C25H31N3O6/c1-25(2,3)34-24(31)27-16-14-26(15-17-27)18-9-11-19(12-10-18)28-13-7-6-8-20(22(29)32-4)21(28)23(30)33-5/h6-13H,14-17H2,1-5H3. The van der Waals surface area contributed by atoms with Crippen LogP contribution in [0.4, 0.5) is 16.2 Å². The first-order valence-electron chi connectivity index (χ1n) is 11.0. The molecule has 1 fully saturated rings. The molecule has 0 spiro atoms. The summed E-state index contributed by atoms with van der Waals surface area (Å²) in [5, 5.41) is 0. The number of piperazine rings is 1. The van der Waals surface area contributed by atoms with Crippen molar-refractivity contribution in [2.24, 2.45) is 0 Å². The van der Waals surface area contributed by atoms with Gasteiger partial charge in [0, 0.05) is 43.8 Å². The van der Waals surface area contributed by atoms with E-state index in [1.54, 1.807) is 28.2 Å². The molecule has 0 unspecified atom stereocenters. The molecule has 2 aliphatic rings. The molecule has 0 aliphatic carbocycles. The predicted molar refractivity (Wildman–Crippen MR) is 128 cm³/mol. The Hall–Kier alpha value is -3.75. The summed E-state index contributed by atoms with van der Waals surface area (Å²) < 4.78 is 15.2. The number of ether oxygens (including phenoxy) is 3. The van der Waals surface area contributed by atoms with Crippen molar-refractivity contribution in [3.05, 3.63) is 60.0 Å². The Balaban J connectivity index is 1.77. The molecule has 0 atom stereocenters. The minimum atomic E-state index is -0.654. The molecule has 2 heterocycles. The summed E-state index contributed by atoms with van der Waals surface area (Å²) in [5.41, 5.74) is 1.31. The average molecular weight is 470 g/mol. The SMILES string of the molecule is COC(=O)C1=C(C(=O)OC)N(c2ccc(N3CCN(C(=O)OC(C)(C)C)CC3)cc2)C=CC=C1. The summed E-state index contributed by atoms with van der Waals surface area (Å²) in [6.45, 7) is 8.04. The third kappa shape index (κ3) is 5.78. The third-order valence-electron chi connectivity index (χ3n) is 5.31. The normalized spacial score (nSPS) is 16.3. The van der Waals surface area contributed by atoms with Crippen LogP contribution >= 0.6 is 0 Å². The number of amides is 1. The molecule has 34 heavy (non-hydrogen) atoms. The van der Waals surface area contributed by atoms with Crippen molar-refractivity contribution in [1.82, 2.24) is 4.90 Å². The molecular formula is C25H31N3O6. The van der Waals surface area contributed by atoms with Crippen molar-refractivity contribution in [2.45, 2.75) is 26.4 Å². The number of benzene rings is 1. The Morgan fingerprint density at radius 3 is 1.97 bits per heavy atom. The van der Waals surface area contributed by atoms with E-state index in [1.165, 1.54) is 20.3 Å². The van der Waals surface area contributed by atoms with E-state index < -0.39 is 17.5 Å². The fourth-order valence-electron chi connectivity index (χ4n) is 3.66. The molecule has 0 radical (unpaired) electrons. The van der Waals surface area contributed by atoms with Crippen LogP contribution in [0.25, 0.3) is 0 Å². The van der Waals surface area contributed by atoms with Crippen molar-refractivity contribution < 1.29 is 28.6 Å². The first-order valence-corrected chi connectivity index (χ1v) is 11.0. The van der Waals surface area contributed by atoms with Gasteiger partial charge in [-0.25, -0.2) is 14.4 Å². The monoisotopic (exact) mass is 469 g/mol. The lowest BCUT2D eigenvalue weighted by atomic mass is 10.1. The van der Waals surface area contributed by atoms with Gasteiger partial charge < -0.3 is 28.9 Å². The Bertz CT molecular complexity index is 1010. The average Bonchev–Trinajstić information content (AvgIpc) is 3.05. The molecule has 9 heteroatoms. The van der Waals surface area contributed by atoms with Gasteiger partial charge in [-0.05, 0) is 57.2 Å². The van der Waals surface area contributed by atoms with Crippen LogP contribution in [0, 0.1) is 0 Å². The van der Waals surface area contributed by atoms with Crippen molar-refractivity contribution in [1.29, 1.82) is 0 Å². The maximum atomic E-state index is 12.6. The fourth-order valence-corrected chi connectivity index (χ4v) is 3.66. The Labute approximate surface area is 199 Å². The molecule has 3 rings (SSSR count). The molecule has 2 aliphatic heterocycles. The van der Waals surface area contributed by atoms with Crippen LogP contribution in [0.2, 0.25) is 0 Å². The lowest BCUT2D eigenvalue weighted by molar-refractivity contribution is -0.139. The minimum Gasteiger partial charge on any atom is -0.465 e. The summed E-state index contributed by atoms with van der Waals surface area (Å²) in [4.78, 5) is 42.7. The number of allylic oxidation sites excluding steroid dienone is 2. The molecule has 0 bridgehead atoms. The van der Waals surface area contributed by atoms with E-state index in [4.69, 9.17) is 14.2 Å². The summed E-state index contributed by atoms with van der Waals surface area (Å²) in [7, 11) is 2.53. The third-order valence-corrected chi connectivity index (χ3v) is 5.31. The zero-order valence-corrected chi connectivity index (χ0v) is 20.2. The molecule has 1 saturated heterocycles. The van der Waals surface area contributed by atoms with E-state index in [0.29, 0.717) is 31.9 Å². The molecule has 0 N–H and O–H groups in total. The summed E-state index contributed by atoms with van der Waals surface area (Å²) in [5.74, 6) is -1.29. The molecule has 182 valence electrons. The van der Waals surface area contributed by atoms with Crippen molar-refractivity contribution in [2.75, 3.05) is 50.2 Å². The van der Waals surface area contributed by atoms with Crippen LogP contribution in [0.5, 0.6) is 0 Å². The number of esters is 2. The topological polar surface area (TPSA) is 88.6 Å². The molecule has 0 saturated carbocycles. The molecule has 9 nitrogen and oxygen atoms in total. The predicted octanol–water partition coefficient (Wildman–Crippen LogP) is 3.23. The molecule has 1 aromatic rings. The van der Waals surface area contributed by atoms with Gasteiger partial charge in [-0.3, -0.25) is 0 Å². The fraction of sp³-hybridized carbons (Fsp3) is 0.400. The van der Waals surface area contributed by atoms with Gasteiger partial charge in [0.15, 0.2) is 0 Å². The highest BCUT2D eigenvalue weighted by Crippen LogP contribution is 2.28. The highest BCUT2D eigenvalue weighted by molar-refractivity contribution is 6.05. The van der Waals surface area contributed by atoms with Gasteiger partial charge in [-0.15, -0.1) is 0 Å². The van der Waals surface area contributed by atoms with Crippen LogP contribution in [-0.4, -0.2) is 68.9 Å². The second-order valence-corrected chi connectivity index (χ2v) is 8.79. The minimum absolute atomic E-state index is 0.0677. The van der Waals surface area contributed by atoms with Gasteiger partial charge in [0.2, 0.25) is 0 Å². The number of hydrogen-bond donors (Lipinski definition) is 0. The van der Waals surface area contributed by atoms with Crippen LogP contribution in [-0.2, 0) is 23.8 Å². The molecule has 1 aromatic carbocycles. The Morgan fingerprint density at radius 1 is 0.824 bits per heavy atom. The van der Waals surface area contributed by atoms with Crippen molar-refractivity contribution in [3.8, 4) is 0 Å². The zero-order valence-electron chi connectivity index (χ0n) is 20.2. The molecular weight excluding hydrogens is 438 g/mol. The van der Waals surface area contributed by atoms with Gasteiger partial charge in [0.1, 0.15) is 11.3 Å². The molecule has 1 amide bonds. The van der Waals surface area contributed by atoms with Gasteiger partial charge in [0.05, 0.1) is 19.8 Å². The van der Waals surface area contributed by atoms with Crippen molar-refractivity contribution in [3.63, 3.8) is 0 Å². The number of hydrogen-bond acceptors (Lipinski definition) is 8. The number of nitrogens with zero attached hydrogens (tertiary/aromatic N) is 3. The number of methoxy groups -OCH3 is 2. The maximum Gasteiger partial charge on any atom is 0.410 e. The van der Waals surface area contributed by atoms with Crippen LogP contribution in [0.15, 0.2) is 60.0 Å². The quantitative estimate of drug-likeness (QED) is 0.491. The summed E-state index contributed by atoms with van der Waals surface area (Å²) in [6.07, 6.45) is 6.30. The van der Waals surface area contributed by atoms with Crippen molar-refractivity contribution >= 4 is 29.4 Å². The van der Waals surface area contributed by atoms with Gasteiger partial charge in [-0.1, -0.05) is 6.08 Å². The number of rotatable bonds is 4. The number of carbonyl (C=O) groups excluding carboxylic acids is 3. The second kappa shape index (κ2) is 10.5. The largest absolute Gasteiger partial charge is 0.465 e. The highest BCUT2D eigenvalue weighted by Gasteiger charge is 2.28. The van der Waals surface area contributed by atoms with Crippen LogP contribution in [0.1, 0.15) is 20.8 Å². The lowest BCUT2D eigenvalue weighted by Gasteiger charge is -2.37. The number of anilines is 2. The van der Waals surface area contributed by atoms with Gasteiger partial charge in [0.25, 0.3) is 0 Å². The van der Waals surface area contributed by atoms with E-state index in [0.717, 1.165) is 5.69 Å². The van der Waals surface area contributed by atoms with Gasteiger partial charge >= 0.3 is 18.0 Å². The Kier molecular flexibility index (Phi) is 7.65. The van der Waals surface area contributed by atoms with E-state index >= 15 is 0 Å². The second-order valence-electron chi connectivity index (χ2n) is 8.79. The van der Waals surface area contributed by atoms with E-state index in [9.17, 15) is 14.4 Å². The Morgan fingerprint density at radius 2 is 1.41 bits per heavy atom.